The van der Waals surface area contributed by atoms with Crippen molar-refractivity contribution in [3.8, 4) is 11.5 Å². The van der Waals surface area contributed by atoms with Crippen LogP contribution in [-0.4, -0.2) is 106 Å². The molecule has 1 aliphatic rings. The number of benzene rings is 1. The Morgan fingerprint density at radius 1 is 1.07 bits per heavy atom. The predicted octanol–water partition coefficient (Wildman–Crippen LogP) is 3.01. The Morgan fingerprint density at radius 2 is 1.77 bits per heavy atom. The van der Waals surface area contributed by atoms with Gasteiger partial charge in [-0.05, 0) is 54.7 Å². The average molecular weight is 610 g/mol. The molecule has 1 amide bonds. The zero-order valence-electron chi connectivity index (χ0n) is 27.3. The first-order valence-corrected chi connectivity index (χ1v) is 16.1. The number of aliphatic hydroxyl groups is 2. The normalized spacial score (nSPS) is 17.1. The summed E-state index contributed by atoms with van der Waals surface area (Å²) in [7, 11) is 1.67. The van der Waals surface area contributed by atoms with Crippen LogP contribution in [0.4, 0.5) is 0 Å². The van der Waals surface area contributed by atoms with E-state index < -0.39 is 11.6 Å². The Labute approximate surface area is 259 Å². The van der Waals surface area contributed by atoms with Crippen molar-refractivity contribution in [3.63, 3.8) is 0 Å². The van der Waals surface area contributed by atoms with Crippen molar-refractivity contribution in [2.75, 3.05) is 72.9 Å². The zero-order valence-corrected chi connectivity index (χ0v) is 27.3. The second kappa shape index (κ2) is 20.2. The number of ether oxygens (including phenoxy) is 4. The number of carbonyl (C=O) groups is 1. The molecular weight excluding hydrogens is 550 g/mol. The van der Waals surface area contributed by atoms with Gasteiger partial charge in [0.25, 0.3) is 0 Å². The summed E-state index contributed by atoms with van der Waals surface area (Å²) in [6.45, 7) is 14.4. The standard InChI is InChI=1S/C33H59N3O7/c1-25(2)28(22-27-8-11-30(42-18-6-16-37)31(23-27)43-19-7-17-40-5)9-10-29(38)24-33(34,26(3)4)32(39)35-12-13-36-14-20-41-21-15-36/h8,11,23,25-26,28-29,37-38H,6-7,9-10,12-22,24,34H2,1-5H3,(H,35,39)/t28-,29-,33-/m0/s1. The van der Waals surface area contributed by atoms with E-state index in [0.717, 1.165) is 57.7 Å². The van der Waals surface area contributed by atoms with Crippen molar-refractivity contribution in [3.05, 3.63) is 23.8 Å². The van der Waals surface area contributed by atoms with Crippen molar-refractivity contribution in [1.82, 2.24) is 10.2 Å². The number of hydrogen-bond acceptors (Lipinski definition) is 9. The SMILES string of the molecule is COCCCOc1cc(C[C@H](CC[C@H](O)C[C@@](N)(C(=O)NCCN2CCOCC2)C(C)C)C(C)C)ccc1OCCCO. The highest BCUT2D eigenvalue weighted by Gasteiger charge is 2.39. The van der Waals surface area contributed by atoms with E-state index in [2.05, 4.69) is 30.1 Å². The van der Waals surface area contributed by atoms with E-state index in [0.29, 0.717) is 62.5 Å². The maximum absolute atomic E-state index is 13.2. The first kappa shape index (κ1) is 37.2. The lowest BCUT2D eigenvalue weighted by atomic mass is 9.79. The van der Waals surface area contributed by atoms with Gasteiger partial charge in [0, 0.05) is 65.8 Å². The molecule has 1 aliphatic heterocycles. The van der Waals surface area contributed by atoms with Crippen LogP contribution in [0, 0.1) is 17.8 Å². The summed E-state index contributed by atoms with van der Waals surface area (Å²) in [6.07, 6.45) is 3.07. The number of nitrogens with zero attached hydrogens (tertiary/aromatic N) is 1. The van der Waals surface area contributed by atoms with Gasteiger partial charge in [-0.1, -0.05) is 33.8 Å². The molecule has 1 heterocycles. The van der Waals surface area contributed by atoms with E-state index in [1.807, 2.05) is 26.0 Å². The lowest BCUT2D eigenvalue weighted by Crippen LogP contribution is -2.59. The van der Waals surface area contributed by atoms with E-state index in [-0.39, 0.29) is 24.9 Å². The molecule has 0 unspecified atom stereocenters. The number of amides is 1. The molecule has 3 atom stereocenters. The van der Waals surface area contributed by atoms with E-state index in [1.54, 1.807) is 7.11 Å². The Bertz CT molecular complexity index is 910. The van der Waals surface area contributed by atoms with Gasteiger partial charge in [0.2, 0.25) is 5.91 Å². The molecule has 0 spiro atoms. The Morgan fingerprint density at radius 3 is 2.42 bits per heavy atom. The minimum Gasteiger partial charge on any atom is -0.490 e. The second-order valence-electron chi connectivity index (χ2n) is 12.5. The van der Waals surface area contributed by atoms with Crippen molar-refractivity contribution < 1.29 is 34.0 Å². The van der Waals surface area contributed by atoms with Crippen LogP contribution in [0.2, 0.25) is 0 Å². The Hall–Kier alpha value is -1.95. The molecule has 10 heteroatoms. The minimum absolute atomic E-state index is 0.0755. The van der Waals surface area contributed by atoms with Crippen molar-refractivity contribution in [2.24, 2.45) is 23.5 Å². The van der Waals surface area contributed by atoms with Crippen LogP contribution in [0.5, 0.6) is 11.5 Å². The van der Waals surface area contributed by atoms with Gasteiger partial charge < -0.3 is 40.2 Å². The van der Waals surface area contributed by atoms with Gasteiger partial charge in [0.15, 0.2) is 11.5 Å². The molecule has 1 aromatic carbocycles. The molecule has 0 aliphatic carbocycles. The molecule has 0 saturated carbocycles. The zero-order chi connectivity index (χ0) is 31.7. The first-order valence-electron chi connectivity index (χ1n) is 16.1. The summed E-state index contributed by atoms with van der Waals surface area (Å²) in [5.74, 6) is 1.77. The van der Waals surface area contributed by atoms with Crippen molar-refractivity contribution in [1.29, 1.82) is 0 Å². The minimum atomic E-state index is -1.14. The fourth-order valence-corrected chi connectivity index (χ4v) is 5.32. The van der Waals surface area contributed by atoms with Crippen LogP contribution in [-0.2, 0) is 20.7 Å². The number of aliphatic hydroxyl groups excluding tert-OH is 2. The lowest BCUT2D eigenvalue weighted by molar-refractivity contribution is -0.129. The van der Waals surface area contributed by atoms with Gasteiger partial charge in [-0.3, -0.25) is 9.69 Å². The van der Waals surface area contributed by atoms with Gasteiger partial charge in [-0.15, -0.1) is 0 Å². The maximum atomic E-state index is 13.2. The van der Waals surface area contributed by atoms with Gasteiger partial charge in [-0.25, -0.2) is 0 Å². The van der Waals surface area contributed by atoms with Gasteiger partial charge in [0.1, 0.15) is 5.54 Å². The maximum Gasteiger partial charge on any atom is 0.240 e. The van der Waals surface area contributed by atoms with Crippen LogP contribution in [0.15, 0.2) is 18.2 Å². The van der Waals surface area contributed by atoms with Crippen molar-refractivity contribution >= 4 is 5.91 Å². The molecule has 0 bridgehead atoms. The van der Waals surface area contributed by atoms with Crippen LogP contribution < -0.4 is 20.5 Å². The number of nitrogens with one attached hydrogen (secondary N) is 1. The predicted molar refractivity (Wildman–Crippen MR) is 170 cm³/mol. The fraction of sp³-hybridized carbons (Fsp3) is 0.788. The van der Waals surface area contributed by atoms with Gasteiger partial charge in [-0.2, -0.15) is 0 Å². The average Bonchev–Trinajstić information content (AvgIpc) is 2.98. The summed E-state index contributed by atoms with van der Waals surface area (Å²) < 4.78 is 22.4. The summed E-state index contributed by atoms with van der Waals surface area (Å²) >= 11 is 0. The quantitative estimate of drug-likeness (QED) is 0.146. The summed E-state index contributed by atoms with van der Waals surface area (Å²) in [5, 5.41) is 23.2. The number of nitrogens with two attached hydrogens (primary N) is 1. The molecule has 2 rings (SSSR count). The summed E-state index contributed by atoms with van der Waals surface area (Å²) in [6, 6.07) is 6.04. The van der Waals surface area contributed by atoms with Crippen LogP contribution >= 0.6 is 0 Å². The molecular formula is C33H59N3O7. The van der Waals surface area contributed by atoms with Crippen LogP contribution in [0.3, 0.4) is 0 Å². The number of hydrogen-bond donors (Lipinski definition) is 4. The molecule has 248 valence electrons. The van der Waals surface area contributed by atoms with E-state index in [4.69, 9.17) is 29.8 Å². The third-order valence-corrected chi connectivity index (χ3v) is 8.47. The highest BCUT2D eigenvalue weighted by molar-refractivity contribution is 5.86. The Kier molecular flexibility index (Phi) is 17.5. The highest BCUT2D eigenvalue weighted by atomic mass is 16.5. The lowest BCUT2D eigenvalue weighted by Gasteiger charge is -2.35. The molecule has 5 N–H and O–H groups in total. The smallest absolute Gasteiger partial charge is 0.240 e. The van der Waals surface area contributed by atoms with Gasteiger partial charge >= 0.3 is 0 Å². The first-order chi connectivity index (χ1) is 20.6. The van der Waals surface area contributed by atoms with E-state index in [1.165, 1.54) is 0 Å². The second-order valence-corrected chi connectivity index (χ2v) is 12.5. The largest absolute Gasteiger partial charge is 0.490 e. The molecule has 0 radical (unpaired) electrons. The highest BCUT2D eigenvalue weighted by Crippen LogP contribution is 2.32. The number of morpholine rings is 1. The number of rotatable bonds is 22. The number of carbonyl (C=O) groups excluding carboxylic acids is 1. The summed E-state index contributed by atoms with van der Waals surface area (Å²) in [4.78, 5) is 15.5. The molecule has 1 aromatic rings. The van der Waals surface area contributed by atoms with Crippen LogP contribution in [0.1, 0.15) is 65.4 Å². The third-order valence-electron chi connectivity index (χ3n) is 8.47. The molecule has 1 saturated heterocycles. The molecule has 10 nitrogen and oxygen atoms in total. The third kappa shape index (κ3) is 13.3. The monoisotopic (exact) mass is 609 g/mol. The molecule has 0 aromatic heterocycles. The van der Waals surface area contributed by atoms with E-state index >= 15 is 0 Å². The molecule has 43 heavy (non-hydrogen) atoms. The molecule has 1 fully saturated rings. The number of methoxy groups -OCH3 is 1. The van der Waals surface area contributed by atoms with Crippen LogP contribution in [0.25, 0.3) is 0 Å². The topological polar surface area (TPSA) is 136 Å². The fourth-order valence-electron chi connectivity index (χ4n) is 5.32. The van der Waals surface area contributed by atoms with E-state index in [9.17, 15) is 9.90 Å². The summed E-state index contributed by atoms with van der Waals surface area (Å²) in [5.41, 5.74) is 6.67. The van der Waals surface area contributed by atoms with Crippen molar-refractivity contribution in [2.45, 2.75) is 77.9 Å². The van der Waals surface area contributed by atoms with Gasteiger partial charge in [0.05, 0.1) is 32.5 Å². The Balaban J connectivity index is 1.97.